The van der Waals surface area contributed by atoms with Gasteiger partial charge in [-0.25, -0.2) is 4.79 Å². The van der Waals surface area contributed by atoms with E-state index in [1.807, 2.05) is 0 Å². The number of ether oxygens (including phenoxy) is 2. The summed E-state index contributed by atoms with van der Waals surface area (Å²) < 4.78 is 10.4. The van der Waals surface area contributed by atoms with Crippen LogP contribution in [0.5, 0.6) is 0 Å². The molecule has 1 aromatic carbocycles. The molecule has 0 spiro atoms. The van der Waals surface area contributed by atoms with Gasteiger partial charge in [-0.2, -0.15) is 0 Å². The zero-order valence-corrected chi connectivity index (χ0v) is 17.9. The van der Waals surface area contributed by atoms with Crippen LogP contribution in [0.3, 0.4) is 0 Å². The topological polar surface area (TPSA) is 102 Å². The smallest absolute Gasteiger partial charge is 0.410 e. The number of carbonyl (C=O) groups excluding carboxylic acids is 2. The van der Waals surface area contributed by atoms with Crippen LogP contribution in [0.2, 0.25) is 5.02 Å². The average molecular weight is 436 g/mol. The molecule has 0 heterocycles. The molecular formula is C19H27Cl2NO6. The predicted octanol–water partition coefficient (Wildman–Crippen LogP) is 4.23. The summed E-state index contributed by atoms with van der Waals surface area (Å²) in [5.74, 6) is -2.49. The van der Waals surface area contributed by atoms with Crippen molar-refractivity contribution in [3.63, 3.8) is 0 Å². The Bertz CT molecular complexity index is 648. The van der Waals surface area contributed by atoms with Gasteiger partial charge in [-0.1, -0.05) is 51.4 Å². The molecule has 0 radical (unpaired) electrons. The van der Waals surface area contributed by atoms with Gasteiger partial charge in [0.15, 0.2) is 0 Å². The first kappa shape index (κ1) is 26.0. The van der Waals surface area contributed by atoms with Crippen molar-refractivity contribution in [1.29, 1.82) is 0 Å². The number of alkyl carbamates (subject to hydrolysis) is 1. The van der Waals surface area contributed by atoms with E-state index >= 15 is 0 Å². The SMILES string of the molecule is CC(C)C(=O)O[C@@H](OC(=O)NC[C@H](CC(=O)O)c1ccc(Cl)cc1)C(C)C.Cl. The maximum Gasteiger partial charge on any atom is 0.410 e. The molecule has 0 aromatic heterocycles. The summed E-state index contributed by atoms with van der Waals surface area (Å²) in [6.45, 7) is 6.93. The number of carboxylic acids is 1. The van der Waals surface area contributed by atoms with Crippen LogP contribution in [0.15, 0.2) is 24.3 Å². The van der Waals surface area contributed by atoms with E-state index in [1.54, 1.807) is 52.0 Å². The van der Waals surface area contributed by atoms with Gasteiger partial charge in [-0.3, -0.25) is 9.59 Å². The van der Waals surface area contributed by atoms with Crippen molar-refractivity contribution in [3.8, 4) is 0 Å². The molecule has 1 amide bonds. The van der Waals surface area contributed by atoms with Crippen LogP contribution < -0.4 is 5.32 Å². The lowest BCUT2D eigenvalue weighted by molar-refractivity contribution is -0.178. The quantitative estimate of drug-likeness (QED) is 0.444. The molecule has 28 heavy (non-hydrogen) atoms. The Kier molecular flexibility index (Phi) is 11.6. The third-order valence-electron chi connectivity index (χ3n) is 3.73. The zero-order chi connectivity index (χ0) is 20.6. The number of esters is 1. The monoisotopic (exact) mass is 435 g/mol. The Hall–Kier alpha value is -1.99. The molecule has 9 heteroatoms. The molecule has 0 saturated heterocycles. The first-order chi connectivity index (χ1) is 12.6. The minimum Gasteiger partial charge on any atom is -0.481 e. The van der Waals surface area contributed by atoms with E-state index in [-0.39, 0.29) is 37.2 Å². The number of rotatable bonds is 9. The van der Waals surface area contributed by atoms with Crippen LogP contribution in [0.4, 0.5) is 4.79 Å². The fourth-order valence-electron chi connectivity index (χ4n) is 2.15. The van der Waals surface area contributed by atoms with Crippen LogP contribution in [-0.2, 0) is 19.1 Å². The molecule has 2 atom stereocenters. The van der Waals surface area contributed by atoms with Crippen LogP contribution in [0, 0.1) is 11.8 Å². The van der Waals surface area contributed by atoms with Gasteiger partial charge in [0, 0.05) is 23.4 Å². The van der Waals surface area contributed by atoms with Gasteiger partial charge in [-0.15, -0.1) is 12.4 Å². The van der Waals surface area contributed by atoms with Gasteiger partial charge < -0.3 is 19.9 Å². The first-order valence-electron chi connectivity index (χ1n) is 8.72. The lowest BCUT2D eigenvalue weighted by atomic mass is 9.96. The summed E-state index contributed by atoms with van der Waals surface area (Å²) in [6.07, 6.45) is -1.97. The highest BCUT2D eigenvalue weighted by atomic mass is 35.5. The van der Waals surface area contributed by atoms with E-state index in [1.165, 1.54) is 0 Å². The van der Waals surface area contributed by atoms with Gasteiger partial charge in [-0.05, 0) is 17.7 Å². The van der Waals surface area contributed by atoms with Crippen LogP contribution in [-0.4, -0.2) is 36.0 Å². The molecule has 158 valence electrons. The number of carboxylic acid groups (broad SMARTS) is 1. The van der Waals surface area contributed by atoms with Crippen molar-refractivity contribution in [2.24, 2.45) is 11.8 Å². The van der Waals surface area contributed by atoms with Crippen molar-refractivity contribution in [3.05, 3.63) is 34.9 Å². The maximum absolute atomic E-state index is 12.1. The lowest BCUT2D eigenvalue weighted by Gasteiger charge is -2.23. The molecule has 0 saturated carbocycles. The van der Waals surface area contributed by atoms with Crippen molar-refractivity contribution >= 4 is 42.0 Å². The molecule has 0 fully saturated rings. The standard InChI is InChI=1S/C19H26ClNO6.ClH/c1-11(2)17(24)26-18(12(3)4)27-19(25)21-10-14(9-16(22)23)13-5-7-15(20)8-6-13;/h5-8,11-12,14,18H,9-10H2,1-4H3,(H,21,25)(H,22,23);1H/t14-,18-;/m0./s1. The number of amides is 1. The molecule has 1 rings (SSSR count). The number of carbonyl (C=O) groups is 3. The summed E-state index contributed by atoms with van der Waals surface area (Å²) in [6, 6.07) is 6.74. The number of benzene rings is 1. The van der Waals surface area contributed by atoms with E-state index in [0.717, 1.165) is 5.56 Å². The normalized spacial score (nSPS) is 12.7. The second kappa shape index (κ2) is 12.5. The summed E-state index contributed by atoms with van der Waals surface area (Å²) in [7, 11) is 0. The average Bonchev–Trinajstić information content (AvgIpc) is 2.58. The van der Waals surface area contributed by atoms with E-state index in [9.17, 15) is 14.4 Å². The van der Waals surface area contributed by atoms with Crippen LogP contribution in [0.1, 0.15) is 45.6 Å². The second-order valence-corrected chi connectivity index (χ2v) is 7.27. The Morgan fingerprint density at radius 1 is 1.07 bits per heavy atom. The summed E-state index contributed by atoms with van der Waals surface area (Å²) in [4.78, 5) is 34.9. The van der Waals surface area contributed by atoms with Crippen molar-refractivity contribution in [2.75, 3.05) is 6.54 Å². The largest absolute Gasteiger partial charge is 0.481 e. The van der Waals surface area contributed by atoms with Gasteiger partial charge in [0.25, 0.3) is 6.29 Å². The predicted molar refractivity (Wildman–Crippen MR) is 108 cm³/mol. The molecular weight excluding hydrogens is 409 g/mol. The molecule has 0 unspecified atom stereocenters. The van der Waals surface area contributed by atoms with Gasteiger partial charge in [0.2, 0.25) is 0 Å². The fourth-order valence-corrected chi connectivity index (χ4v) is 2.28. The van der Waals surface area contributed by atoms with Gasteiger partial charge in [0.1, 0.15) is 0 Å². The van der Waals surface area contributed by atoms with E-state index in [0.29, 0.717) is 5.02 Å². The number of hydrogen-bond donors (Lipinski definition) is 2. The van der Waals surface area contributed by atoms with Crippen LogP contribution >= 0.6 is 24.0 Å². The second-order valence-electron chi connectivity index (χ2n) is 6.84. The van der Waals surface area contributed by atoms with E-state index in [2.05, 4.69) is 5.32 Å². The Morgan fingerprint density at radius 3 is 2.11 bits per heavy atom. The molecule has 7 nitrogen and oxygen atoms in total. The molecule has 0 aliphatic rings. The van der Waals surface area contributed by atoms with Gasteiger partial charge >= 0.3 is 18.0 Å². The van der Waals surface area contributed by atoms with Crippen molar-refractivity contribution in [1.82, 2.24) is 5.32 Å². The minimum atomic E-state index is -1.02. The number of hydrogen-bond acceptors (Lipinski definition) is 5. The summed E-state index contributed by atoms with van der Waals surface area (Å²) in [5.41, 5.74) is 0.730. The highest BCUT2D eigenvalue weighted by Gasteiger charge is 2.25. The fraction of sp³-hybridized carbons (Fsp3) is 0.526. The third kappa shape index (κ3) is 9.28. The number of aliphatic carboxylic acids is 1. The molecule has 0 aliphatic heterocycles. The van der Waals surface area contributed by atoms with E-state index < -0.39 is 30.2 Å². The minimum absolute atomic E-state index is 0. The highest BCUT2D eigenvalue weighted by Crippen LogP contribution is 2.21. The van der Waals surface area contributed by atoms with Crippen molar-refractivity contribution < 1.29 is 29.0 Å². The highest BCUT2D eigenvalue weighted by molar-refractivity contribution is 6.30. The Morgan fingerprint density at radius 2 is 1.64 bits per heavy atom. The van der Waals surface area contributed by atoms with Crippen LogP contribution in [0.25, 0.3) is 0 Å². The first-order valence-corrected chi connectivity index (χ1v) is 9.10. The summed E-state index contributed by atoms with van der Waals surface area (Å²) in [5, 5.41) is 12.2. The molecule has 0 aliphatic carbocycles. The maximum atomic E-state index is 12.1. The molecule has 2 N–H and O–H groups in total. The zero-order valence-electron chi connectivity index (χ0n) is 16.3. The lowest BCUT2D eigenvalue weighted by Crippen LogP contribution is -2.37. The molecule has 1 aromatic rings. The van der Waals surface area contributed by atoms with Crippen molar-refractivity contribution in [2.45, 2.75) is 46.3 Å². The summed E-state index contributed by atoms with van der Waals surface area (Å²) >= 11 is 5.85. The van der Waals surface area contributed by atoms with Gasteiger partial charge in [0.05, 0.1) is 12.3 Å². The molecule has 0 bridgehead atoms. The van der Waals surface area contributed by atoms with E-state index in [4.69, 9.17) is 26.2 Å². The third-order valence-corrected chi connectivity index (χ3v) is 3.98. The number of halogens is 2. The number of nitrogens with one attached hydrogen (secondary N) is 1. The Balaban J connectivity index is 0.00000729. The Labute approximate surface area is 176 Å².